The van der Waals surface area contributed by atoms with Crippen LogP contribution < -0.4 is 5.32 Å². The van der Waals surface area contributed by atoms with Crippen molar-refractivity contribution >= 4 is 5.69 Å². The van der Waals surface area contributed by atoms with Crippen LogP contribution >= 0.6 is 0 Å². The summed E-state index contributed by atoms with van der Waals surface area (Å²) >= 11 is 0. The first kappa shape index (κ1) is 14.2. The lowest BCUT2D eigenvalue weighted by Crippen LogP contribution is -2.25. The van der Waals surface area contributed by atoms with Crippen LogP contribution in [0, 0.1) is 13.8 Å². The topological polar surface area (TPSA) is 15.3 Å². The summed E-state index contributed by atoms with van der Waals surface area (Å²) < 4.78 is 0. The molecule has 1 heterocycles. The van der Waals surface area contributed by atoms with Gasteiger partial charge in [-0.3, -0.25) is 4.90 Å². The van der Waals surface area contributed by atoms with E-state index in [9.17, 15) is 0 Å². The van der Waals surface area contributed by atoms with E-state index in [0.29, 0.717) is 6.04 Å². The molecule has 0 radical (unpaired) electrons. The summed E-state index contributed by atoms with van der Waals surface area (Å²) in [4.78, 5) is 2.54. The Morgan fingerprint density at radius 3 is 2.62 bits per heavy atom. The number of benzene rings is 2. The van der Waals surface area contributed by atoms with Crippen molar-refractivity contribution in [3.63, 3.8) is 0 Å². The molecule has 1 aliphatic rings. The van der Waals surface area contributed by atoms with Gasteiger partial charge in [0.05, 0.1) is 0 Å². The smallest absolute Gasteiger partial charge is 0.0400 e. The van der Waals surface area contributed by atoms with E-state index in [2.05, 4.69) is 72.6 Å². The van der Waals surface area contributed by atoms with Crippen molar-refractivity contribution < 1.29 is 0 Å². The van der Waals surface area contributed by atoms with E-state index in [4.69, 9.17) is 0 Å². The zero-order chi connectivity index (χ0) is 14.7. The Labute approximate surface area is 127 Å². The predicted molar refractivity (Wildman–Crippen MR) is 89.7 cm³/mol. The molecule has 2 aromatic carbocycles. The molecule has 0 spiro atoms. The van der Waals surface area contributed by atoms with Gasteiger partial charge in [-0.2, -0.15) is 0 Å². The second kappa shape index (κ2) is 6.31. The van der Waals surface area contributed by atoms with E-state index in [1.807, 2.05) is 0 Å². The minimum Gasteiger partial charge on any atom is -0.381 e. The Hall–Kier alpha value is -1.80. The summed E-state index contributed by atoms with van der Waals surface area (Å²) in [7, 11) is 0. The minimum atomic E-state index is 0.566. The second-order valence-corrected chi connectivity index (χ2v) is 6.15. The third kappa shape index (κ3) is 3.64. The molecule has 2 aromatic rings. The van der Waals surface area contributed by atoms with Gasteiger partial charge in [-0.05, 0) is 49.1 Å². The second-order valence-electron chi connectivity index (χ2n) is 6.15. The molecule has 0 bridgehead atoms. The largest absolute Gasteiger partial charge is 0.381 e. The van der Waals surface area contributed by atoms with E-state index in [1.54, 1.807) is 0 Å². The molecular weight excluding hydrogens is 256 g/mol. The molecule has 21 heavy (non-hydrogen) atoms. The van der Waals surface area contributed by atoms with Gasteiger partial charge < -0.3 is 5.32 Å². The highest BCUT2D eigenvalue weighted by Gasteiger charge is 2.22. The average Bonchev–Trinajstić information content (AvgIpc) is 2.91. The van der Waals surface area contributed by atoms with Gasteiger partial charge in [0.2, 0.25) is 0 Å². The highest BCUT2D eigenvalue weighted by Crippen LogP contribution is 2.20. The Bertz CT molecular complexity index is 592. The van der Waals surface area contributed by atoms with Crippen LogP contribution in [0.5, 0.6) is 0 Å². The van der Waals surface area contributed by atoms with Crippen molar-refractivity contribution in [1.82, 2.24) is 4.90 Å². The van der Waals surface area contributed by atoms with Gasteiger partial charge in [0.1, 0.15) is 0 Å². The Morgan fingerprint density at radius 1 is 1.05 bits per heavy atom. The fourth-order valence-electron chi connectivity index (χ4n) is 3.00. The van der Waals surface area contributed by atoms with E-state index in [0.717, 1.165) is 13.1 Å². The van der Waals surface area contributed by atoms with Gasteiger partial charge in [-0.15, -0.1) is 0 Å². The minimum absolute atomic E-state index is 0.566. The van der Waals surface area contributed by atoms with E-state index in [1.165, 1.54) is 35.3 Å². The molecule has 1 unspecified atom stereocenters. The molecule has 110 valence electrons. The zero-order valence-corrected chi connectivity index (χ0v) is 13.0. The molecular formula is C19H24N2. The maximum Gasteiger partial charge on any atom is 0.0400 e. The normalized spacial score (nSPS) is 18.9. The summed E-state index contributed by atoms with van der Waals surface area (Å²) in [5.74, 6) is 0. The Kier molecular flexibility index (Phi) is 4.26. The molecule has 1 fully saturated rings. The van der Waals surface area contributed by atoms with Crippen molar-refractivity contribution in [3.05, 3.63) is 65.2 Å². The van der Waals surface area contributed by atoms with E-state index >= 15 is 0 Å². The number of likely N-dealkylation sites (tertiary alicyclic amines) is 1. The third-order valence-electron chi connectivity index (χ3n) is 4.40. The lowest BCUT2D eigenvalue weighted by atomic mass is 10.1. The molecule has 0 aromatic heterocycles. The SMILES string of the molecule is Cc1ccc(NC2CCN(Cc3ccccc3)C2)cc1C. The molecule has 0 amide bonds. The number of rotatable bonds is 4. The number of nitrogens with one attached hydrogen (secondary N) is 1. The molecule has 1 aliphatic heterocycles. The summed E-state index contributed by atoms with van der Waals surface area (Å²) in [6.07, 6.45) is 1.22. The van der Waals surface area contributed by atoms with Crippen molar-refractivity contribution in [3.8, 4) is 0 Å². The van der Waals surface area contributed by atoms with Gasteiger partial charge in [0, 0.05) is 31.4 Å². The molecule has 0 saturated carbocycles. The number of hydrogen-bond acceptors (Lipinski definition) is 2. The van der Waals surface area contributed by atoms with Crippen LogP contribution in [0.25, 0.3) is 0 Å². The highest BCUT2D eigenvalue weighted by atomic mass is 15.2. The number of aryl methyl sites for hydroxylation is 2. The first-order chi connectivity index (χ1) is 10.2. The molecule has 1 atom stereocenters. The maximum absolute atomic E-state index is 3.68. The predicted octanol–water partition coefficient (Wildman–Crippen LogP) is 3.99. The summed E-state index contributed by atoms with van der Waals surface area (Å²) in [6.45, 7) is 7.71. The molecule has 2 heteroatoms. The van der Waals surface area contributed by atoms with E-state index in [-0.39, 0.29) is 0 Å². The van der Waals surface area contributed by atoms with Crippen LogP contribution in [0.2, 0.25) is 0 Å². The van der Waals surface area contributed by atoms with Gasteiger partial charge in [0.15, 0.2) is 0 Å². The van der Waals surface area contributed by atoms with Crippen molar-refractivity contribution in [2.75, 3.05) is 18.4 Å². The summed E-state index contributed by atoms with van der Waals surface area (Å²) in [5, 5.41) is 3.68. The quantitative estimate of drug-likeness (QED) is 0.911. The lowest BCUT2D eigenvalue weighted by Gasteiger charge is -2.18. The summed E-state index contributed by atoms with van der Waals surface area (Å²) in [6, 6.07) is 18.0. The fraction of sp³-hybridized carbons (Fsp3) is 0.368. The zero-order valence-electron chi connectivity index (χ0n) is 13.0. The number of hydrogen-bond donors (Lipinski definition) is 1. The van der Waals surface area contributed by atoms with Gasteiger partial charge in [0.25, 0.3) is 0 Å². The van der Waals surface area contributed by atoms with Crippen LogP contribution in [-0.2, 0) is 6.54 Å². The van der Waals surface area contributed by atoms with E-state index < -0.39 is 0 Å². The average molecular weight is 280 g/mol. The molecule has 3 rings (SSSR count). The Morgan fingerprint density at radius 2 is 1.86 bits per heavy atom. The molecule has 1 saturated heterocycles. The van der Waals surface area contributed by atoms with Crippen molar-refractivity contribution in [2.24, 2.45) is 0 Å². The van der Waals surface area contributed by atoms with Crippen LogP contribution in [-0.4, -0.2) is 24.0 Å². The van der Waals surface area contributed by atoms with Crippen LogP contribution in [0.3, 0.4) is 0 Å². The first-order valence-corrected chi connectivity index (χ1v) is 7.81. The van der Waals surface area contributed by atoms with Gasteiger partial charge in [-0.25, -0.2) is 0 Å². The van der Waals surface area contributed by atoms with Crippen molar-refractivity contribution in [2.45, 2.75) is 32.9 Å². The standard InChI is InChI=1S/C19H24N2/c1-15-8-9-18(12-16(15)2)20-19-10-11-21(14-19)13-17-6-4-3-5-7-17/h3-9,12,19-20H,10-11,13-14H2,1-2H3. The van der Waals surface area contributed by atoms with Crippen LogP contribution in [0.15, 0.2) is 48.5 Å². The molecule has 0 aliphatic carbocycles. The van der Waals surface area contributed by atoms with Crippen LogP contribution in [0.1, 0.15) is 23.1 Å². The van der Waals surface area contributed by atoms with Crippen LogP contribution in [0.4, 0.5) is 5.69 Å². The third-order valence-corrected chi connectivity index (χ3v) is 4.40. The van der Waals surface area contributed by atoms with Crippen molar-refractivity contribution in [1.29, 1.82) is 0 Å². The molecule has 2 nitrogen and oxygen atoms in total. The monoisotopic (exact) mass is 280 g/mol. The number of anilines is 1. The number of nitrogens with zero attached hydrogens (tertiary/aromatic N) is 1. The highest BCUT2D eigenvalue weighted by molar-refractivity contribution is 5.49. The summed E-state index contributed by atoms with van der Waals surface area (Å²) in [5.41, 5.74) is 5.38. The fourth-order valence-corrected chi connectivity index (χ4v) is 3.00. The lowest BCUT2D eigenvalue weighted by molar-refractivity contribution is 0.328. The maximum atomic E-state index is 3.68. The van der Waals surface area contributed by atoms with Gasteiger partial charge >= 0.3 is 0 Å². The Balaban J connectivity index is 1.56. The molecule has 1 N–H and O–H groups in total. The first-order valence-electron chi connectivity index (χ1n) is 7.81. The van der Waals surface area contributed by atoms with Gasteiger partial charge in [-0.1, -0.05) is 36.4 Å².